The minimum Gasteiger partial charge on any atom is -0.478 e. The van der Waals surface area contributed by atoms with Crippen molar-refractivity contribution in [2.45, 2.75) is 0 Å². The Labute approximate surface area is 348 Å². The minimum atomic E-state index is -1.52. The second kappa shape index (κ2) is 19.7. The van der Waals surface area contributed by atoms with E-state index in [-0.39, 0.29) is 39.5 Å². The van der Waals surface area contributed by atoms with Gasteiger partial charge in [-0.25, -0.2) is 43.2 Å². The summed E-state index contributed by atoms with van der Waals surface area (Å²) in [5.74, 6) is -12.2. The highest BCUT2D eigenvalue weighted by Crippen LogP contribution is 2.23. The fraction of sp³-hybridized carbons (Fsp3) is 0. The molecule has 0 aliphatic heterocycles. The van der Waals surface area contributed by atoms with Crippen LogP contribution in [-0.4, -0.2) is 130 Å². The lowest BCUT2D eigenvalue weighted by molar-refractivity contribution is 0.0651. The highest BCUT2D eigenvalue weighted by Gasteiger charge is 2.22. The lowest BCUT2D eigenvalue weighted by Gasteiger charge is -2.07. The van der Waals surface area contributed by atoms with E-state index in [2.05, 4.69) is 29.9 Å². The smallest absolute Gasteiger partial charge is 0.338 e. The maximum atomic E-state index is 11.1. The molecule has 0 atom stereocenters. The number of aromatic carboxylic acids is 9. The Bertz CT molecular complexity index is 2750. The second-order valence-corrected chi connectivity index (χ2v) is 11.9. The normalized spacial score (nSPS) is 10.1. The number of pyridine rings is 6. The molecule has 0 amide bonds. The van der Waals surface area contributed by atoms with E-state index < -0.39 is 87.1 Å². The number of aromatic nitrogens is 6. The first-order chi connectivity index (χ1) is 29.7. The lowest BCUT2D eigenvalue weighted by atomic mass is 10.1. The first-order valence-electron chi connectivity index (χ1n) is 16.7. The molecule has 0 aliphatic rings. The molecule has 6 aromatic heterocycles. The number of carboxylic acids is 9. The highest BCUT2D eigenvalue weighted by atomic mass is 16.4. The molecule has 0 unspecified atom stereocenters. The van der Waals surface area contributed by atoms with Gasteiger partial charge in [-0.3, -0.25) is 29.9 Å². The summed E-state index contributed by atoms with van der Waals surface area (Å²) < 4.78 is 0. The lowest BCUT2D eigenvalue weighted by Crippen LogP contribution is -2.11. The molecule has 9 N–H and O–H groups in total. The van der Waals surface area contributed by atoms with Gasteiger partial charge in [0.05, 0.1) is 84.2 Å². The van der Waals surface area contributed by atoms with Gasteiger partial charge in [-0.2, -0.15) is 0 Å². The third-order valence-corrected chi connectivity index (χ3v) is 7.90. The zero-order valence-electron chi connectivity index (χ0n) is 31.0. The van der Waals surface area contributed by atoms with Gasteiger partial charge in [0.25, 0.3) is 0 Å². The first-order valence-corrected chi connectivity index (χ1v) is 16.7. The largest absolute Gasteiger partial charge is 0.478 e. The quantitative estimate of drug-likeness (QED) is 0.0846. The van der Waals surface area contributed by atoms with Crippen molar-refractivity contribution in [1.82, 2.24) is 29.9 Å². The summed E-state index contributed by atoms with van der Waals surface area (Å²) in [7, 11) is 0. The predicted octanol–water partition coefficient (Wildman–Crippen LogP) is 3.71. The van der Waals surface area contributed by atoms with Gasteiger partial charge in [0.1, 0.15) is 0 Å². The van der Waals surface area contributed by atoms with Crippen LogP contribution in [-0.2, 0) is 0 Å². The van der Waals surface area contributed by atoms with Gasteiger partial charge in [-0.15, -0.1) is 0 Å². The molecule has 0 aromatic carbocycles. The fourth-order valence-electron chi connectivity index (χ4n) is 4.94. The van der Waals surface area contributed by atoms with Crippen molar-refractivity contribution in [3.8, 4) is 34.2 Å². The molecule has 24 nitrogen and oxygen atoms in total. The number of hydrogen-bond donors (Lipinski definition) is 9. The number of nitrogens with zero attached hydrogens (tertiary/aromatic N) is 6. The average molecular weight is 865 g/mol. The van der Waals surface area contributed by atoms with Gasteiger partial charge in [-0.1, -0.05) is 0 Å². The van der Waals surface area contributed by atoms with Crippen molar-refractivity contribution in [2.75, 3.05) is 0 Å². The van der Waals surface area contributed by atoms with E-state index in [9.17, 15) is 43.2 Å². The van der Waals surface area contributed by atoms with Crippen LogP contribution in [0.3, 0.4) is 0 Å². The molecule has 0 fully saturated rings. The summed E-state index contributed by atoms with van der Waals surface area (Å²) in [6.45, 7) is 0. The fourth-order valence-corrected chi connectivity index (χ4v) is 4.94. The van der Waals surface area contributed by atoms with Gasteiger partial charge < -0.3 is 46.0 Å². The Morgan fingerprint density at radius 1 is 0.270 bits per heavy atom. The monoisotopic (exact) mass is 864 g/mol. The molecule has 0 aliphatic carbocycles. The van der Waals surface area contributed by atoms with Gasteiger partial charge in [0, 0.05) is 37.2 Å². The summed E-state index contributed by atoms with van der Waals surface area (Å²) in [5, 5.41) is 80.5. The highest BCUT2D eigenvalue weighted by molar-refractivity contribution is 6.04. The molecule has 6 aromatic rings. The maximum Gasteiger partial charge on any atom is 0.338 e. The summed E-state index contributed by atoms with van der Waals surface area (Å²) in [6.07, 6.45) is 6.42. The second-order valence-electron chi connectivity index (χ2n) is 11.9. The third-order valence-electron chi connectivity index (χ3n) is 7.90. The van der Waals surface area contributed by atoms with E-state index in [4.69, 9.17) is 46.0 Å². The van der Waals surface area contributed by atoms with Crippen LogP contribution in [0.4, 0.5) is 0 Å². The van der Waals surface area contributed by atoms with E-state index in [0.29, 0.717) is 11.4 Å². The van der Waals surface area contributed by atoms with Crippen molar-refractivity contribution in [3.05, 3.63) is 142 Å². The maximum absolute atomic E-state index is 11.1. The van der Waals surface area contributed by atoms with Crippen molar-refractivity contribution in [1.29, 1.82) is 0 Å². The van der Waals surface area contributed by atoms with Crippen LogP contribution >= 0.6 is 0 Å². The van der Waals surface area contributed by atoms with Crippen molar-refractivity contribution in [3.63, 3.8) is 0 Å². The molecular weight excluding hydrogens is 840 g/mol. The van der Waals surface area contributed by atoms with Gasteiger partial charge >= 0.3 is 53.7 Å². The van der Waals surface area contributed by atoms with E-state index in [1.54, 1.807) is 0 Å². The summed E-state index contributed by atoms with van der Waals surface area (Å²) >= 11 is 0. The van der Waals surface area contributed by atoms with Crippen LogP contribution in [0.1, 0.15) is 93.2 Å². The molecule has 0 saturated heterocycles. The zero-order valence-corrected chi connectivity index (χ0v) is 31.0. The Kier molecular flexibility index (Phi) is 14.3. The van der Waals surface area contributed by atoms with E-state index >= 15 is 0 Å². The van der Waals surface area contributed by atoms with Crippen molar-refractivity contribution < 1.29 is 89.1 Å². The minimum absolute atomic E-state index is 0.0408. The predicted molar refractivity (Wildman–Crippen MR) is 205 cm³/mol. The van der Waals surface area contributed by atoms with Crippen LogP contribution in [0.2, 0.25) is 0 Å². The molecule has 0 spiro atoms. The Morgan fingerprint density at radius 3 is 0.667 bits per heavy atom. The van der Waals surface area contributed by atoms with E-state index in [1.807, 2.05) is 0 Å². The Hall–Kier alpha value is -9.87. The van der Waals surface area contributed by atoms with E-state index in [1.165, 1.54) is 55.0 Å². The van der Waals surface area contributed by atoms with Crippen molar-refractivity contribution >= 4 is 53.7 Å². The summed E-state index contributed by atoms with van der Waals surface area (Å²) in [6, 6.07) is 10.8. The SMILES string of the molecule is O=C(O)c1ccnc(-c2cc(C(=O)O)c(C(=O)O)cn2)c1.O=C(O)c1ccnc(-c2cc(C(=O)O)ccn2)c1.O=C(O)c1cnc(-c2cc(C(=O)O)c(C(=O)O)cn2)cc1C(=O)O. The molecule has 0 bridgehead atoms. The molecular formula is C39H24N6O18. The number of carboxylic acid groups (broad SMARTS) is 9. The first kappa shape index (κ1) is 45.8. The van der Waals surface area contributed by atoms with Crippen LogP contribution in [0.15, 0.2) is 91.8 Å². The van der Waals surface area contributed by atoms with Crippen LogP contribution in [0.5, 0.6) is 0 Å². The van der Waals surface area contributed by atoms with Gasteiger partial charge in [0.2, 0.25) is 0 Å². The summed E-state index contributed by atoms with van der Waals surface area (Å²) in [4.78, 5) is 122. The Morgan fingerprint density at radius 2 is 0.476 bits per heavy atom. The third kappa shape index (κ3) is 11.4. The summed E-state index contributed by atoms with van der Waals surface area (Å²) in [5.41, 5.74) is -2.41. The van der Waals surface area contributed by atoms with Crippen LogP contribution in [0, 0.1) is 0 Å². The van der Waals surface area contributed by atoms with Crippen LogP contribution in [0.25, 0.3) is 34.2 Å². The number of hydrogen-bond acceptors (Lipinski definition) is 15. The zero-order chi connectivity index (χ0) is 46.7. The van der Waals surface area contributed by atoms with E-state index in [0.717, 1.165) is 36.8 Å². The molecule has 318 valence electrons. The average Bonchev–Trinajstić information content (AvgIpc) is 3.26. The van der Waals surface area contributed by atoms with Gasteiger partial charge in [0.15, 0.2) is 0 Å². The molecule has 0 saturated carbocycles. The standard InChI is InChI=1S/C14H8N2O8.C13H8N2O6.C12H8N2O4/c17-11(18)5-1-9(15-3-7(5)13(21)22)10-2-6(12(19)20)8(4-16-10)14(23)24;16-11(17)6-1-2-14-9(3-6)10-4-7(12(18)19)8(5-15-10)13(20)21;15-11(16)7-1-3-13-9(5-7)10-6-8(12(17)18)2-4-14-10/h1-4H,(H,17,18)(H,19,20)(H,21,22)(H,23,24);1-5H,(H,16,17)(H,18,19)(H,20,21);1-6H,(H,15,16)(H,17,18). The Balaban J connectivity index is 0.000000209. The topological polar surface area (TPSA) is 413 Å². The van der Waals surface area contributed by atoms with Gasteiger partial charge in [-0.05, 0) is 54.6 Å². The molecule has 6 rings (SSSR count). The molecule has 63 heavy (non-hydrogen) atoms. The number of carbonyl (C=O) groups is 9. The van der Waals surface area contributed by atoms with Crippen molar-refractivity contribution in [2.24, 2.45) is 0 Å². The molecule has 24 heteroatoms. The number of rotatable bonds is 12. The molecule has 0 radical (unpaired) electrons. The van der Waals surface area contributed by atoms with Crippen LogP contribution < -0.4 is 0 Å². The molecule has 6 heterocycles.